The lowest BCUT2D eigenvalue weighted by atomic mass is 9.95. The zero-order chi connectivity index (χ0) is 15.3. The van der Waals surface area contributed by atoms with E-state index < -0.39 is 29.2 Å². The Balaban J connectivity index is 3.32. The molecule has 0 spiro atoms. The van der Waals surface area contributed by atoms with Gasteiger partial charge in [-0.05, 0) is 12.1 Å². The molecular weight excluding hydrogens is 260 g/mol. The third-order valence-electron chi connectivity index (χ3n) is 2.65. The fourth-order valence-corrected chi connectivity index (χ4v) is 1.58. The minimum absolute atomic E-state index is 0.0118. The van der Waals surface area contributed by atoms with Gasteiger partial charge >= 0.3 is 11.7 Å². The maximum absolute atomic E-state index is 12.2. The Morgan fingerprint density at radius 3 is 2.15 bits per heavy atom. The second-order valence-electron chi connectivity index (χ2n) is 4.33. The second kappa shape index (κ2) is 6.54. The first-order chi connectivity index (χ1) is 9.43. The Morgan fingerprint density at radius 2 is 1.70 bits per heavy atom. The molecule has 0 radical (unpaired) electrons. The van der Waals surface area contributed by atoms with Gasteiger partial charge in [-0.2, -0.15) is 4.79 Å². The molecular formula is C14H14N2O4. The van der Waals surface area contributed by atoms with E-state index in [1.807, 2.05) is 0 Å². The van der Waals surface area contributed by atoms with Crippen molar-refractivity contribution in [2.24, 2.45) is 5.92 Å². The van der Waals surface area contributed by atoms with E-state index in [0.717, 1.165) is 0 Å². The Morgan fingerprint density at radius 1 is 1.15 bits per heavy atom. The number of esters is 1. The minimum Gasteiger partial charge on any atom is -0.465 e. The van der Waals surface area contributed by atoms with Crippen LogP contribution < -0.4 is 0 Å². The lowest BCUT2D eigenvalue weighted by molar-refractivity contribution is -0.119. The van der Waals surface area contributed by atoms with Crippen LogP contribution >= 0.6 is 0 Å². The number of rotatable bonds is 5. The molecule has 0 fully saturated rings. The molecule has 0 atom stereocenters. The molecule has 20 heavy (non-hydrogen) atoms. The van der Waals surface area contributed by atoms with Crippen LogP contribution in [0.2, 0.25) is 0 Å². The van der Waals surface area contributed by atoms with E-state index in [2.05, 4.69) is 9.53 Å². The average Bonchev–Trinajstić information content (AvgIpc) is 2.46. The molecule has 1 aromatic rings. The van der Waals surface area contributed by atoms with Gasteiger partial charge in [-0.3, -0.25) is 9.59 Å². The maximum atomic E-state index is 12.2. The summed E-state index contributed by atoms with van der Waals surface area (Å²) < 4.78 is 4.57. The Labute approximate surface area is 116 Å². The van der Waals surface area contributed by atoms with Crippen molar-refractivity contribution in [2.75, 3.05) is 7.11 Å². The highest BCUT2D eigenvalue weighted by molar-refractivity contribution is 6.67. The third kappa shape index (κ3) is 3.05. The summed E-state index contributed by atoms with van der Waals surface area (Å²) >= 11 is 0. The summed E-state index contributed by atoms with van der Waals surface area (Å²) in [6.45, 7) is 3.15. The van der Waals surface area contributed by atoms with Gasteiger partial charge < -0.3 is 10.3 Å². The van der Waals surface area contributed by atoms with Crippen molar-refractivity contribution in [3.8, 4) is 0 Å². The number of hydrogen-bond acceptors (Lipinski definition) is 4. The SMILES string of the molecule is COC(=O)c1ccccc1C(=O)C(=[N+]=[N-])C(=O)C(C)C. The first-order valence-electron chi connectivity index (χ1n) is 5.92. The van der Waals surface area contributed by atoms with Crippen LogP contribution in [0.4, 0.5) is 0 Å². The van der Waals surface area contributed by atoms with Gasteiger partial charge in [0, 0.05) is 11.5 Å². The first kappa shape index (κ1) is 15.5. The predicted molar refractivity (Wildman–Crippen MR) is 70.6 cm³/mol. The number of ether oxygens (including phenoxy) is 1. The van der Waals surface area contributed by atoms with Gasteiger partial charge in [-0.25, -0.2) is 4.79 Å². The average molecular weight is 274 g/mol. The second-order valence-corrected chi connectivity index (χ2v) is 4.33. The topological polar surface area (TPSA) is 96.8 Å². The van der Waals surface area contributed by atoms with Crippen LogP contribution in [-0.4, -0.2) is 35.1 Å². The lowest BCUT2D eigenvalue weighted by Crippen LogP contribution is -2.30. The fraction of sp³-hybridized carbons (Fsp3) is 0.286. The molecule has 0 amide bonds. The summed E-state index contributed by atoms with van der Waals surface area (Å²) in [6.07, 6.45) is 0. The monoisotopic (exact) mass is 274 g/mol. The van der Waals surface area contributed by atoms with E-state index >= 15 is 0 Å². The van der Waals surface area contributed by atoms with Crippen LogP contribution in [0, 0.1) is 5.92 Å². The maximum Gasteiger partial charge on any atom is 0.405 e. The quantitative estimate of drug-likeness (QED) is 0.203. The van der Waals surface area contributed by atoms with Crippen molar-refractivity contribution in [2.45, 2.75) is 13.8 Å². The van der Waals surface area contributed by atoms with Crippen LogP contribution in [0.5, 0.6) is 0 Å². The van der Waals surface area contributed by atoms with Crippen molar-refractivity contribution in [1.82, 2.24) is 0 Å². The van der Waals surface area contributed by atoms with Gasteiger partial charge in [0.25, 0.3) is 11.6 Å². The largest absolute Gasteiger partial charge is 0.465 e. The molecule has 6 heteroatoms. The number of nitrogens with zero attached hydrogens (tertiary/aromatic N) is 2. The van der Waals surface area contributed by atoms with Gasteiger partial charge in [0.05, 0.1) is 12.7 Å². The van der Waals surface area contributed by atoms with Crippen molar-refractivity contribution in [3.63, 3.8) is 0 Å². The van der Waals surface area contributed by atoms with E-state index in [1.54, 1.807) is 19.9 Å². The summed E-state index contributed by atoms with van der Waals surface area (Å²) in [4.78, 5) is 38.4. The predicted octanol–water partition coefficient (Wildman–Crippen LogP) is 1.55. The molecule has 1 aromatic carbocycles. The smallest absolute Gasteiger partial charge is 0.405 e. The first-order valence-corrected chi connectivity index (χ1v) is 5.92. The van der Waals surface area contributed by atoms with Crippen LogP contribution in [0.15, 0.2) is 24.3 Å². The third-order valence-corrected chi connectivity index (χ3v) is 2.65. The van der Waals surface area contributed by atoms with Gasteiger partial charge in [0.15, 0.2) is 0 Å². The molecule has 0 aliphatic rings. The molecule has 0 N–H and O–H groups in total. The number of ketones is 2. The van der Waals surface area contributed by atoms with E-state index in [4.69, 9.17) is 5.53 Å². The summed E-state index contributed by atoms with van der Waals surface area (Å²) in [5.74, 6) is -2.62. The van der Waals surface area contributed by atoms with Gasteiger partial charge in [-0.1, -0.05) is 26.0 Å². The van der Waals surface area contributed by atoms with E-state index in [1.165, 1.54) is 25.3 Å². The normalized spacial score (nSPS) is 9.80. The summed E-state index contributed by atoms with van der Waals surface area (Å²) in [7, 11) is 1.18. The van der Waals surface area contributed by atoms with Crippen molar-refractivity contribution < 1.29 is 23.9 Å². The highest BCUT2D eigenvalue weighted by Gasteiger charge is 2.34. The zero-order valence-electron chi connectivity index (χ0n) is 11.4. The van der Waals surface area contributed by atoms with Crippen molar-refractivity contribution in [3.05, 3.63) is 40.9 Å². The molecule has 0 heterocycles. The highest BCUT2D eigenvalue weighted by Crippen LogP contribution is 2.12. The molecule has 0 aliphatic heterocycles. The molecule has 104 valence electrons. The number of methoxy groups -OCH3 is 1. The van der Waals surface area contributed by atoms with Crippen LogP contribution in [0.1, 0.15) is 34.6 Å². The molecule has 0 aromatic heterocycles. The minimum atomic E-state index is -0.813. The molecule has 0 unspecified atom stereocenters. The van der Waals surface area contributed by atoms with Gasteiger partial charge in [0.1, 0.15) is 0 Å². The van der Waals surface area contributed by atoms with Gasteiger partial charge in [0.2, 0.25) is 0 Å². The van der Waals surface area contributed by atoms with Crippen LogP contribution in [-0.2, 0) is 9.53 Å². The van der Waals surface area contributed by atoms with E-state index in [9.17, 15) is 14.4 Å². The molecule has 6 nitrogen and oxygen atoms in total. The Kier molecular flexibility index (Phi) is 5.06. The molecule has 1 rings (SSSR count). The summed E-state index contributed by atoms with van der Waals surface area (Å²) in [6, 6.07) is 5.86. The zero-order valence-corrected chi connectivity index (χ0v) is 11.4. The number of carbonyl (C=O) groups excluding carboxylic acids is 3. The number of carbonyl (C=O) groups is 3. The lowest BCUT2D eigenvalue weighted by Gasteiger charge is -2.05. The van der Waals surface area contributed by atoms with Crippen molar-refractivity contribution >= 4 is 23.2 Å². The van der Waals surface area contributed by atoms with Crippen LogP contribution in [0.3, 0.4) is 0 Å². The number of benzene rings is 1. The van der Waals surface area contributed by atoms with Gasteiger partial charge in [-0.15, -0.1) is 0 Å². The molecule has 0 saturated heterocycles. The van der Waals surface area contributed by atoms with E-state index in [-0.39, 0.29) is 11.1 Å². The van der Waals surface area contributed by atoms with Crippen LogP contribution in [0.25, 0.3) is 5.53 Å². The Hall–Kier alpha value is -2.59. The van der Waals surface area contributed by atoms with Crippen molar-refractivity contribution in [1.29, 1.82) is 0 Å². The Bertz CT molecular complexity index is 613. The van der Waals surface area contributed by atoms with E-state index in [0.29, 0.717) is 0 Å². The number of Topliss-reactive ketones (excluding diaryl/α,β-unsaturated/α-hetero) is 2. The molecule has 0 saturated carbocycles. The number of hydrogen-bond donors (Lipinski definition) is 0. The summed E-state index contributed by atoms with van der Waals surface area (Å²) in [5.41, 5.74) is 8.26. The molecule has 0 bridgehead atoms. The summed E-state index contributed by atoms with van der Waals surface area (Å²) in [5, 5.41) is 0. The molecule has 0 aliphatic carbocycles. The highest BCUT2D eigenvalue weighted by atomic mass is 16.5. The standard InChI is InChI=1S/C14H14N2O4/c1-8(2)12(17)11(16-15)13(18)9-6-4-5-7-10(9)14(19)20-3/h4-8H,1-3H3. The fourth-order valence-electron chi connectivity index (χ4n) is 1.58.